The highest BCUT2D eigenvalue weighted by Crippen LogP contribution is 2.25. The molecule has 1 aromatic rings. The smallest absolute Gasteiger partial charge is 0.246 e. The van der Waals surface area contributed by atoms with Crippen LogP contribution in [0.25, 0.3) is 0 Å². The summed E-state index contributed by atoms with van der Waals surface area (Å²) in [5.41, 5.74) is 2.02. The van der Waals surface area contributed by atoms with E-state index in [0.29, 0.717) is 11.4 Å². The van der Waals surface area contributed by atoms with Crippen LogP contribution in [0.15, 0.2) is 18.2 Å². The van der Waals surface area contributed by atoms with E-state index in [1.165, 1.54) is 6.92 Å². The van der Waals surface area contributed by atoms with Crippen LogP contribution in [0.5, 0.6) is 0 Å². The second-order valence-corrected chi connectivity index (χ2v) is 6.43. The fourth-order valence-corrected chi connectivity index (χ4v) is 2.89. The number of benzene rings is 1. The Labute approximate surface area is 142 Å². The third-order valence-electron chi connectivity index (χ3n) is 4.22. The Kier molecular flexibility index (Phi) is 5.95. The molecule has 1 saturated carbocycles. The van der Waals surface area contributed by atoms with Crippen LogP contribution in [0.1, 0.15) is 45.1 Å². The number of aryl methyl sites for hydroxylation is 1. The van der Waals surface area contributed by atoms with Gasteiger partial charge in [0.05, 0.1) is 11.4 Å². The Hall–Kier alpha value is -2.37. The van der Waals surface area contributed by atoms with Crippen molar-refractivity contribution in [1.82, 2.24) is 5.32 Å². The SMILES string of the molecule is CC(=O)Nc1ccc(C)cc1NC(=O)[C@@H](C)NC(=O)C1CCCC1. The molecule has 1 aliphatic rings. The summed E-state index contributed by atoms with van der Waals surface area (Å²) in [5.74, 6) is -0.550. The molecule has 3 N–H and O–H groups in total. The van der Waals surface area contributed by atoms with Crippen LogP contribution in [0.2, 0.25) is 0 Å². The summed E-state index contributed by atoms with van der Waals surface area (Å²) in [6.45, 7) is 4.98. The van der Waals surface area contributed by atoms with Gasteiger partial charge in [-0.3, -0.25) is 14.4 Å². The van der Waals surface area contributed by atoms with Gasteiger partial charge in [-0.25, -0.2) is 0 Å². The quantitative estimate of drug-likeness (QED) is 0.775. The molecule has 0 spiro atoms. The fraction of sp³-hybridized carbons (Fsp3) is 0.500. The van der Waals surface area contributed by atoms with Crippen LogP contribution in [-0.2, 0) is 14.4 Å². The zero-order valence-electron chi connectivity index (χ0n) is 14.4. The van der Waals surface area contributed by atoms with Gasteiger partial charge in [0.25, 0.3) is 0 Å². The summed E-state index contributed by atoms with van der Waals surface area (Å²) in [4.78, 5) is 35.8. The highest BCUT2D eigenvalue weighted by atomic mass is 16.2. The van der Waals surface area contributed by atoms with E-state index < -0.39 is 6.04 Å². The molecule has 0 unspecified atom stereocenters. The maximum absolute atomic E-state index is 12.4. The molecular weight excluding hydrogens is 306 g/mol. The largest absolute Gasteiger partial charge is 0.344 e. The highest BCUT2D eigenvalue weighted by Gasteiger charge is 2.25. The molecule has 3 amide bonds. The molecule has 0 radical (unpaired) electrons. The predicted molar refractivity (Wildman–Crippen MR) is 93.7 cm³/mol. The van der Waals surface area contributed by atoms with Crippen LogP contribution in [0, 0.1) is 12.8 Å². The van der Waals surface area contributed by atoms with E-state index >= 15 is 0 Å². The van der Waals surface area contributed by atoms with E-state index in [0.717, 1.165) is 31.2 Å². The third kappa shape index (κ3) is 4.81. The van der Waals surface area contributed by atoms with Gasteiger partial charge in [-0.2, -0.15) is 0 Å². The van der Waals surface area contributed by atoms with Crippen molar-refractivity contribution < 1.29 is 14.4 Å². The first kappa shape index (κ1) is 18.0. The van der Waals surface area contributed by atoms with Crippen LogP contribution in [-0.4, -0.2) is 23.8 Å². The van der Waals surface area contributed by atoms with Gasteiger partial charge < -0.3 is 16.0 Å². The zero-order valence-corrected chi connectivity index (χ0v) is 14.4. The lowest BCUT2D eigenvalue weighted by Gasteiger charge is -2.18. The lowest BCUT2D eigenvalue weighted by Crippen LogP contribution is -2.43. The van der Waals surface area contributed by atoms with Crippen molar-refractivity contribution in [2.24, 2.45) is 5.92 Å². The average Bonchev–Trinajstić information content (AvgIpc) is 3.04. The Balaban J connectivity index is 2.01. The van der Waals surface area contributed by atoms with Crippen molar-refractivity contribution in [3.8, 4) is 0 Å². The number of carbonyl (C=O) groups excluding carboxylic acids is 3. The first-order chi connectivity index (χ1) is 11.4. The molecule has 1 fully saturated rings. The molecule has 24 heavy (non-hydrogen) atoms. The summed E-state index contributed by atoms with van der Waals surface area (Å²) < 4.78 is 0. The van der Waals surface area contributed by atoms with E-state index in [4.69, 9.17) is 0 Å². The molecule has 1 aromatic carbocycles. The van der Waals surface area contributed by atoms with Gasteiger partial charge in [0.2, 0.25) is 17.7 Å². The van der Waals surface area contributed by atoms with Gasteiger partial charge in [-0.1, -0.05) is 18.9 Å². The molecule has 130 valence electrons. The van der Waals surface area contributed by atoms with E-state index in [1.807, 2.05) is 13.0 Å². The molecular formula is C18H25N3O3. The summed E-state index contributed by atoms with van der Waals surface area (Å²) >= 11 is 0. The van der Waals surface area contributed by atoms with Gasteiger partial charge in [-0.05, 0) is 44.4 Å². The lowest BCUT2D eigenvalue weighted by atomic mass is 10.1. The molecule has 0 aromatic heterocycles. The average molecular weight is 331 g/mol. The number of nitrogens with one attached hydrogen (secondary N) is 3. The first-order valence-electron chi connectivity index (χ1n) is 8.36. The van der Waals surface area contributed by atoms with Crippen molar-refractivity contribution in [1.29, 1.82) is 0 Å². The normalized spacial score (nSPS) is 15.6. The van der Waals surface area contributed by atoms with Crippen LogP contribution < -0.4 is 16.0 Å². The summed E-state index contributed by atoms with van der Waals surface area (Å²) in [7, 11) is 0. The minimum Gasteiger partial charge on any atom is -0.344 e. The van der Waals surface area contributed by atoms with Crippen molar-refractivity contribution >= 4 is 29.1 Å². The number of carbonyl (C=O) groups is 3. The zero-order chi connectivity index (χ0) is 17.7. The third-order valence-corrected chi connectivity index (χ3v) is 4.22. The van der Waals surface area contributed by atoms with Crippen LogP contribution >= 0.6 is 0 Å². The van der Waals surface area contributed by atoms with Crippen molar-refractivity contribution in [2.75, 3.05) is 10.6 Å². The predicted octanol–water partition coefficient (Wildman–Crippen LogP) is 2.59. The van der Waals surface area contributed by atoms with Gasteiger partial charge in [0.15, 0.2) is 0 Å². The maximum atomic E-state index is 12.4. The fourth-order valence-electron chi connectivity index (χ4n) is 2.89. The molecule has 0 bridgehead atoms. The van der Waals surface area contributed by atoms with E-state index in [9.17, 15) is 14.4 Å². The lowest BCUT2D eigenvalue weighted by molar-refractivity contribution is -0.128. The van der Waals surface area contributed by atoms with Crippen molar-refractivity contribution in [3.63, 3.8) is 0 Å². The molecule has 1 aliphatic carbocycles. The van der Waals surface area contributed by atoms with Gasteiger partial charge >= 0.3 is 0 Å². The summed E-state index contributed by atoms with van der Waals surface area (Å²) in [6.07, 6.45) is 3.93. The Bertz CT molecular complexity index is 636. The topological polar surface area (TPSA) is 87.3 Å². The summed E-state index contributed by atoms with van der Waals surface area (Å²) in [5, 5.41) is 8.25. The molecule has 2 rings (SSSR count). The standard InChI is InChI=1S/C18H25N3O3/c1-11-8-9-15(20-13(3)22)16(10-11)21-17(23)12(2)19-18(24)14-6-4-5-7-14/h8-10,12,14H,4-7H2,1-3H3,(H,19,24)(H,20,22)(H,21,23)/t12-/m1/s1. The second-order valence-electron chi connectivity index (χ2n) is 6.43. The van der Waals surface area contributed by atoms with Crippen molar-refractivity contribution in [3.05, 3.63) is 23.8 Å². The van der Waals surface area contributed by atoms with E-state index in [2.05, 4.69) is 16.0 Å². The number of amides is 3. The number of hydrogen-bond donors (Lipinski definition) is 3. The monoisotopic (exact) mass is 331 g/mol. The number of hydrogen-bond acceptors (Lipinski definition) is 3. The van der Waals surface area contributed by atoms with E-state index in [1.54, 1.807) is 19.1 Å². The Morgan fingerprint density at radius 1 is 1.08 bits per heavy atom. The first-order valence-corrected chi connectivity index (χ1v) is 8.36. The van der Waals surface area contributed by atoms with Crippen LogP contribution in [0.4, 0.5) is 11.4 Å². The molecule has 0 saturated heterocycles. The Morgan fingerprint density at radius 2 is 1.75 bits per heavy atom. The van der Waals surface area contributed by atoms with Gasteiger partial charge in [0, 0.05) is 12.8 Å². The molecule has 0 heterocycles. The summed E-state index contributed by atoms with van der Waals surface area (Å²) in [6, 6.07) is 4.75. The van der Waals surface area contributed by atoms with Gasteiger partial charge in [-0.15, -0.1) is 0 Å². The molecule has 0 aliphatic heterocycles. The minimum absolute atomic E-state index is 0.0224. The number of rotatable bonds is 5. The molecule has 1 atom stereocenters. The molecule has 6 heteroatoms. The Morgan fingerprint density at radius 3 is 2.38 bits per heavy atom. The maximum Gasteiger partial charge on any atom is 0.246 e. The highest BCUT2D eigenvalue weighted by molar-refractivity contribution is 6.02. The second kappa shape index (κ2) is 7.95. The minimum atomic E-state index is -0.635. The van der Waals surface area contributed by atoms with Crippen molar-refractivity contribution in [2.45, 2.75) is 52.5 Å². The van der Waals surface area contributed by atoms with E-state index in [-0.39, 0.29) is 23.6 Å². The van der Waals surface area contributed by atoms with Gasteiger partial charge in [0.1, 0.15) is 6.04 Å². The number of anilines is 2. The van der Waals surface area contributed by atoms with Crippen LogP contribution in [0.3, 0.4) is 0 Å². The molecule has 6 nitrogen and oxygen atoms in total.